The van der Waals surface area contributed by atoms with Crippen LogP contribution in [0.2, 0.25) is 0 Å². The largest absolute Gasteiger partial charge is 0.316 e. The predicted octanol–water partition coefficient (Wildman–Crippen LogP) is 1.51. The zero-order valence-corrected chi connectivity index (χ0v) is 10.5. The molecule has 2 fully saturated rings. The maximum Gasteiger partial charge on any atom is 0.0271 e. The SMILES string of the molecule is CCC1C2CNCC2CN1Cc1ccncc1. The molecule has 1 N–H and O–H groups in total. The number of likely N-dealkylation sites (tertiary alicyclic amines) is 1. The van der Waals surface area contributed by atoms with Gasteiger partial charge >= 0.3 is 0 Å². The predicted molar refractivity (Wildman–Crippen MR) is 68.6 cm³/mol. The van der Waals surface area contributed by atoms with Crippen molar-refractivity contribution in [2.75, 3.05) is 19.6 Å². The average molecular weight is 231 g/mol. The third-order valence-electron chi connectivity index (χ3n) is 4.38. The molecule has 17 heavy (non-hydrogen) atoms. The molecule has 3 nitrogen and oxygen atoms in total. The maximum absolute atomic E-state index is 4.09. The number of hydrogen-bond acceptors (Lipinski definition) is 3. The van der Waals surface area contributed by atoms with Crippen molar-refractivity contribution < 1.29 is 0 Å². The summed E-state index contributed by atoms with van der Waals surface area (Å²) in [7, 11) is 0. The molecular formula is C14H21N3. The van der Waals surface area contributed by atoms with Crippen molar-refractivity contribution in [2.45, 2.75) is 25.9 Å². The Kier molecular flexibility index (Phi) is 3.12. The van der Waals surface area contributed by atoms with Crippen LogP contribution in [0.5, 0.6) is 0 Å². The van der Waals surface area contributed by atoms with Gasteiger partial charge in [0, 0.05) is 31.5 Å². The minimum absolute atomic E-state index is 0.767. The lowest BCUT2D eigenvalue weighted by atomic mass is 9.93. The highest BCUT2D eigenvalue weighted by Gasteiger charge is 2.42. The number of pyridine rings is 1. The Balaban J connectivity index is 1.71. The molecule has 0 amide bonds. The van der Waals surface area contributed by atoms with Gasteiger partial charge in [-0.2, -0.15) is 0 Å². The summed E-state index contributed by atoms with van der Waals surface area (Å²) < 4.78 is 0. The normalized spacial score (nSPS) is 32.9. The first-order chi connectivity index (χ1) is 8.38. The summed E-state index contributed by atoms with van der Waals surface area (Å²) in [6, 6.07) is 5.04. The van der Waals surface area contributed by atoms with Gasteiger partial charge in [-0.05, 0) is 49.0 Å². The maximum atomic E-state index is 4.09. The van der Waals surface area contributed by atoms with Crippen molar-refractivity contribution in [1.82, 2.24) is 15.2 Å². The molecule has 2 aliphatic heterocycles. The van der Waals surface area contributed by atoms with Gasteiger partial charge in [-0.3, -0.25) is 9.88 Å². The van der Waals surface area contributed by atoms with Crippen LogP contribution in [0.3, 0.4) is 0 Å². The lowest BCUT2D eigenvalue weighted by molar-refractivity contribution is 0.210. The Morgan fingerprint density at radius 1 is 1.35 bits per heavy atom. The Morgan fingerprint density at radius 2 is 2.18 bits per heavy atom. The van der Waals surface area contributed by atoms with Crippen molar-refractivity contribution in [3.05, 3.63) is 30.1 Å². The van der Waals surface area contributed by atoms with Crippen LogP contribution < -0.4 is 5.32 Å². The van der Waals surface area contributed by atoms with E-state index in [0.29, 0.717) is 0 Å². The summed E-state index contributed by atoms with van der Waals surface area (Å²) in [5, 5.41) is 3.54. The summed E-state index contributed by atoms with van der Waals surface area (Å²) in [5.74, 6) is 1.75. The molecule has 0 spiro atoms. The Labute approximate surface area is 103 Å². The number of hydrogen-bond donors (Lipinski definition) is 1. The number of fused-ring (bicyclic) bond motifs is 1. The Bertz CT molecular complexity index is 365. The van der Waals surface area contributed by atoms with E-state index < -0.39 is 0 Å². The summed E-state index contributed by atoms with van der Waals surface area (Å²) in [4.78, 5) is 6.76. The van der Waals surface area contributed by atoms with Gasteiger partial charge in [-0.1, -0.05) is 6.92 Å². The summed E-state index contributed by atoms with van der Waals surface area (Å²) in [6.45, 7) is 7.11. The third kappa shape index (κ3) is 2.09. The second-order valence-corrected chi connectivity index (χ2v) is 5.34. The number of nitrogens with zero attached hydrogens (tertiary/aromatic N) is 2. The molecule has 0 aliphatic carbocycles. The molecule has 2 saturated heterocycles. The van der Waals surface area contributed by atoms with Crippen LogP contribution in [0.15, 0.2) is 24.5 Å². The topological polar surface area (TPSA) is 28.2 Å². The summed E-state index contributed by atoms with van der Waals surface area (Å²) >= 11 is 0. The highest BCUT2D eigenvalue weighted by Crippen LogP contribution is 2.34. The van der Waals surface area contributed by atoms with Gasteiger partial charge in [0.2, 0.25) is 0 Å². The molecule has 1 aromatic rings. The number of aromatic nitrogens is 1. The van der Waals surface area contributed by atoms with Gasteiger partial charge in [-0.15, -0.1) is 0 Å². The number of nitrogens with one attached hydrogen (secondary N) is 1. The third-order valence-corrected chi connectivity index (χ3v) is 4.38. The lowest BCUT2D eigenvalue weighted by Crippen LogP contribution is -2.34. The fraction of sp³-hybridized carbons (Fsp3) is 0.643. The first-order valence-electron chi connectivity index (χ1n) is 6.72. The molecule has 3 atom stereocenters. The van der Waals surface area contributed by atoms with Crippen molar-refractivity contribution >= 4 is 0 Å². The molecule has 2 aliphatic rings. The van der Waals surface area contributed by atoms with Gasteiger partial charge < -0.3 is 5.32 Å². The minimum atomic E-state index is 0.767. The van der Waals surface area contributed by atoms with E-state index in [2.05, 4.69) is 34.3 Å². The lowest BCUT2D eigenvalue weighted by Gasteiger charge is -2.26. The molecule has 0 radical (unpaired) electrons. The first-order valence-corrected chi connectivity index (χ1v) is 6.72. The van der Waals surface area contributed by atoms with E-state index in [1.54, 1.807) is 0 Å². The van der Waals surface area contributed by atoms with Crippen LogP contribution in [0.1, 0.15) is 18.9 Å². The zero-order valence-electron chi connectivity index (χ0n) is 10.5. The van der Waals surface area contributed by atoms with Gasteiger partial charge in [0.05, 0.1) is 0 Å². The van der Waals surface area contributed by atoms with Crippen molar-refractivity contribution in [2.24, 2.45) is 11.8 Å². The second kappa shape index (κ2) is 4.75. The van der Waals surface area contributed by atoms with Crippen LogP contribution in [0.4, 0.5) is 0 Å². The van der Waals surface area contributed by atoms with Crippen molar-refractivity contribution in [1.29, 1.82) is 0 Å². The van der Waals surface area contributed by atoms with Crippen LogP contribution in [-0.2, 0) is 6.54 Å². The smallest absolute Gasteiger partial charge is 0.0271 e. The van der Waals surface area contributed by atoms with Gasteiger partial charge in [0.15, 0.2) is 0 Å². The van der Waals surface area contributed by atoms with Crippen molar-refractivity contribution in [3.63, 3.8) is 0 Å². The molecule has 0 aromatic carbocycles. The van der Waals surface area contributed by atoms with E-state index in [1.807, 2.05) is 12.4 Å². The molecule has 3 unspecified atom stereocenters. The number of rotatable bonds is 3. The van der Waals surface area contributed by atoms with Gasteiger partial charge in [-0.25, -0.2) is 0 Å². The first kappa shape index (κ1) is 11.2. The molecule has 3 heterocycles. The van der Waals surface area contributed by atoms with Gasteiger partial charge in [0.1, 0.15) is 0 Å². The Morgan fingerprint density at radius 3 is 2.94 bits per heavy atom. The van der Waals surface area contributed by atoms with Crippen LogP contribution in [-0.4, -0.2) is 35.6 Å². The monoisotopic (exact) mass is 231 g/mol. The molecule has 0 bridgehead atoms. The minimum Gasteiger partial charge on any atom is -0.316 e. The van der Waals surface area contributed by atoms with E-state index in [9.17, 15) is 0 Å². The molecule has 1 aromatic heterocycles. The fourth-order valence-electron chi connectivity index (χ4n) is 3.58. The van der Waals surface area contributed by atoms with Crippen LogP contribution in [0.25, 0.3) is 0 Å². The van der Waals surface area contributed by atoms with E-state index in [1.165, 1.54) is 31.6 Å². The molecule has 3 rings (SSSR count). The highest BCUT2D eigenvalue weighted by atomic mass is 15.2. The summed E-state index contributed by atoms with van der Waals surface area (Å²) in [6.07, 6.45) is 5.07. The average Bonchev–Trinajstić information content (AvgIpc) is 2.90. The van der Waals surface area contributed by atoms with E-state index in [-0.39, 0.29) is 0 Å². The quantitative estimate of drug-likeness (QED) is 0.854. The summed E-state index contributed by atoms with van der Waals surface area (Å²) in [5.41, 5.74) is 1.39. The van der Waals surface area contributed by atoms with E-state index >= 15 is 0 Å². The molecule has 0 saturated carbocycles. The van der Waals surface area contributed by atoms with E-state index in [0.717, 1.165) is 24.4 Å². The standard InChI is InChI=1S/C14H21N3/c1-2-14-13-8-16-7-12(13)10-17(14)9-11-3-5-15-6-4-11/h3-6,12-14,16H,2,7-10H2,1H3. The molecule has 3 heteroatoms. The molecular weight excluding hydrogens is 210 g/mol. The van der Waals surface area contributed by atoms with Crippen LogP contribution >= 0.6 is 0 Å². The van der Waals surface area contributed by atoms with Crippen LogP contribution in [0, 0.1) is 11.8 Å². The van der Waals surface area contributed by atoms with Gasteiger partial charge in [0.25, 0.3) is 0 Å². The molecule has 92 valence electrons. The van der Waals surface area contributed by atoms with Crippen molar-refractivity contribution in [3.8, 4) is 0 Å². The fourth-order valence-corrected chi connectivity index (χ4v) is 3.58. The zero-order chi connectivity index (χ0) is 11.7. The van der Waals surface area contributed by atoms with E-state index in [4.69, 9.17) is 0 Å². The second-order valence-electron chi connectivity index (χ2n) is 5.34. The highest BCUT2D eigenvalue weighted by molar-refractivity contribution is 5.11. The Hall–Kier alpha value is -0.930.